The van der Waals surface area contributed by atoms with Gasteiger partial charge in [0.25, 0.3) is 5.91 Å². The van der Waals surface area contributed by atoms with E-state index in [0.717, 1.165) is 52.2 Å². The molecule has 5 nitrogen and oxygen atoms in total. The van der Waals surface area contributed by atoms with Crippen LogP contribution in [-0.2, 0) is 11.3 Å². The molecule has 1 aliphatic heterocycles. The van der Waals surface area contributed by atoms with Crippen molar-refractivity contribution in [1.29, 1.82) is 0 Å². The molecule has 0 aliphatic carbocycles. The zero-order valence-corrected chi connectivity index (χ0v) is 23.1. The van der Waals surface area contributed by atoms with Crippen LogP contribution in [0, 0.1) is 6.92 Å². The molecule has 1 fully saturated rings. The van der Waals surface area contributed by atoms with Gasteiger partial charge in [0.1, 0.15) is 15.8 Å². The summed E-state index contributed by atoms with van der Waals surface area (Å²) in [5.41, 5.74) is 5.70. The van der Waals surface area contributed by atoms with Gasteiger partial charge in [-0.1, -0.05) is 85.9 Å². The van der Waals surface area contributed by atoms with E-state index in [9.17, 15) is 4.79 Å². The maximum Gasteiger partial charge on any atom is 0.266 e. The number of hydrogen-bond donors (Lipinski definition) is 0. The largest absolute Gasteiger partial charge is 0.494 e. The highest BCUT2D eigenvalue weighted by Gasteiger charge is 2.32. The van der Waals surface area contributed by atoms with Gasteiger partial charge in [-0.05, 0) is 60.9 Å². The van der Waals surface area contributed by atoms with Crippen LogP contribution in [0.2, 0.25) is 0 Å². The standard InChI is InChI=1S/C31H29N3O2S2/c1-3-4-17-36-26-15-16-27(22(2)18-26)29-24(21-34(32-29)25-13-9-6-10-14-25)19-28-30(35)33(31(37)38-28)20-23-11-7-5-8-12-23/h5-16,18-19,21H,3-4,17,20H2,1-2H3/b28-19-. The molecule has 0 unspecified atom stereocenters. The summed E-state index contributed by atoms with van der Waals surface area (Å²) in [6, 6.07) is 26.0. The number of carbonyl (C=O) groups is 1. The normalized spacial score (nSPS) is 14.5. The van der Waals surface area contributed by atoms with Crippen molar-refractivity contribution in [3.05, 3.63) is 107 Å². The first-order valence-electron chi connectivity index (χ1n) is 12.7. The predicted molar refractivity (Wildman–Crippen MR) is 159 cm³/mol. The smallest absolute Gasteiger partial charge is 0.266 e. The van der Waals surface area contributed by atoms with E-state index in [4.69, 9.17) is 22.1 Å². The molecule has 192 valence electrons. The highest BCUT2D eigenvalue weighted by Crippen LogP contribution is 2.36. The maximum absolute atomic E-state index is 13.4. The third-order valence-corrected chi connectivity index (χ3v) is 7.70. The number of para-hydroxylation sites is 1. The second kappa shape index (κ2) is 11.8. The van der Waals surface area contributed by atoms with E-state index in [1.54, 1.807) is 4.90 Å². The molecule has 0 N–H and O–H groups in total. The lowest BCUT2D eigenvalue weighted by atomic mass is 10.0. The SMILES string of the molecule is CCCCOc1ccc(-c2nn(-c3ccccc3)cc2/C=C2\SC(=S)N(Cc3ccccc3)C2=O)c(C)c1. The van der Waals surface area contributed by atoms with Crippen LogP contribution in [-0.4, -0.2) is 31.5 Å². The first kappa shape index (κ1) is 25.9. The summed E-state index contributed by atoms with van der Waals surface area (Å²) in [6.07, 6.45) is 6.00. The zero-order chi connectivity index (χ0) is 26.5. The molecule has 3 aromatic carbocycles. The molecule has 1 amide bonds. The Balaban J connectivity index is 1.50. The van der Waals surface area contributed by atoms with Crippen molar-refractivity contribution >= 4 is 40.3 Å². The molecule has 0 saturated carbocycles. The molecule has 0 spiro atoms. The summed E-state index contributed by atoms with van der Waals surface area (Å²) in [4.78, 5) is 15.6. The minimum Gasteiger partial charge on any atom is -0.494 e. The van der Waals surface area contributed by atoms with E-state index in [1.807, 2.05) is 89.8 Å². The lowest BCUT2D eigenvalue weighted by molar-refractivity contribution is -0.122. The van der Waals surface area contributed by atoms with Crippen molar-refractivity contribution in [2.45, 2.75) is 33.2 Å². The number of thioether (sulfide) groups is 1. The van der Waals surface area contributed by atoms with Gasteiger partial charge in [0.05, 0.1) is 23.7 Å². The quantitative estimate of drug-likeness (QED) is 0.126. The number of rotatable bonds is 9. The van der Waals surface area contributed by atoms with E-state index >= 15 is 0 Å². The Morgan fingerprint density at radius 3 is 2.47 bits per heavy atom. The van der Waals surface area contributed by atoms with Crippen molar-refractivity contribution in [3.8, 4) is 22.7 Å². The van der Waals surface area contributed by atoms with E-state index in [2.05, 4.69) is 19.9 Å². The molecule has 38 heavy (non-hydrogen) atoms. The molecular formula is C31H29N3O2S2. The zero-order valence-electron chi connectivity index (χ0n) is 21.5. The fraction of sp³-hybridized carbons (Fsp3) is 0.194. The van der Waals surface area contributed by atoms with Gasteiger partial charge < -0.3 is 4.74 Å². The molecule has 0 atom stereocenters. The Morgan fingerprint density at radius 2 is 1.76 bits per heavy atom. The topological polar surface area (TPSA) is 47.4 Å². The van der Waals surface area contributed by atoms with Gasteiger partial charge in [-0.2, -0.15) is 5.10 Å². The average Bonchev–Trinajstić information content (AvgIpc) is 3.46. The number of carbonyl (C=O) groups excluding carboxylic acids is 1. The Hall–Kier alpha value is -3.68. The minimum absolute atomic E-state index is 0.0846. The number of benzene rings is 3. The van der Waals surface area contributed by atoms with Crippen LogP contribution in [0.4, 0.5) is 0 Å². The molecule has 1 aliphatic rings. The molecule has 1 aromatic heterocycles. The fourth-order valence-electron chi connectivity index (χ4n) is 4.28. The monoisotopic (exact) mass is 539 g/mol. The number of unbranched alkanes of at least 4 members (excludes halogenated alkanes) is 1. The molecule has 0 radical (unpaired) electrons. The van der Waals surface area contributed by atoms with Crippen molar-refractivity contribution in [1.82, 2.24) is 14.7 Å². The summed E-state index contributed by atoms with van der Waals surface area (Å²) in [7, 11) is 0. The summed E-state index contributed by atoms with van der Waals surface area (Å²) in [5, 5.41) is 4.95. The van der Waals surface area contributed by atoms with E-state index in [1.165, 1.54) is 11.8 Å². The highest BCUT2D eigenvalue weighted by molar-refractivity contribution is 8.26. The number of aromatic nitrogens is 2. The van der Waals surface area contributed by atoms with Gasteiger partial charge in [0.15, 0.2) is 0 Å². The number of ether oxygens (including phenoxy) is 1. The molecule has 1 saturated heterocycles. The van der Waals surface area contributed by atoms with Crippen LogP contribution < -0.4 is 4.74 Å². The Bertz CT molecular complexity index is 1480. The van der Waals surface area contributed by atoms with Gasteiger partial charge in [0, 0.05) is 17.3 Å². The molecule has 7 heteroatoms. The van der Waals surface area contributed by atoms with E-state index < -0.39 is 0 Å². The van der Waals surface area contributed by atoms with Gasteiger partial charge >= 0.3 is 0 Å². The first-order chi connectivity index (χ1) is 18.5. The Kier molecular flexibility index (Phi) is 8.05. The van der Waals surface area contributed by atoms with Crippen LogP contribution in [0.5, 0.6) is 5.75 Å². The molecule has 5 rings (SSSR count). The Morgan fingerprint density at radius 1 is 1.03 bits per heavy atom. The molecular weight excluding hydrogens is 510 g/mol. The second-order valence-electron chi connectivity index (χ2n) is 9.15. The predicted octanol–water partition coefficient (Wildman–Crippen LogP) is 7.43. The van der Waals surface area contributed by atoms with Crippen molar-refractivity contribution in [2.24, 2.45) is 0 Å². The van der Waals surface area contributed by atoms with Crippen LogP contribution in [0.15, 0.2) is 90.0 Å². The van der Waals surface area contributed by atoms with Crippen molar-refractivity contribution in [3.63, 3.8) is 0 Å². The number of hydrogen-bond acceptors (Lipinski definition) is 5. The Labute approximate surface area is 233 Å². The summed E-state index contributed by atoms with van der Waals surface area (Å²) >= 11 is 6.92. The third-order valence-electron chi connectivity index (χ3n) is 6.33. The number of thiocarbonyl (C=S) groups is 1. The van der Waals surface area contributed by atoms with E-state index in [-0.39, 0.29) is 5.91 Å². The third kappa shape index (κ3) is 5.74. The fourth-order valence-corrected chi connectivity index (χ4v) is 5.53. The van der Waals surface area contributed by atoms with Crippen LogP contribution in [0.25, 0.3) is 23.0 Å². The van der Waals surface area contributed by atoms with E-state index in [0.29, 0.717) is 22.4 Å². The summed E-state index contributed by atoms with van der Waals surface area (Å²) < 4.78 is 8.33. The summed E-state index contributed by atoms with van der Waals surface area (Å²) in [5.74, 6) is 0.768. The first-order valence-corrected chi connectivity index (χ1v) is 13.9. The lowest BCUT2D eigenvalue weighted by Crippen LogP contribution is -2.27. The van der Waals surface area contributed by atoms with Crippen molar-refractivity contribution in [2.75, 3.05) is 6.61 Å². The van der Waals surface area contributed by atoms with Crippen molar-refractivity contribution < 1.29 is 9.53 Å². The van der Waals surface area contributed by atoms with Gasteiger partial charge in [0.2, 0.25) is 0 Å². The highest BCUT2D eigenvalue weighted by atomic mass is 32.2. The molecule has 0 bridgehead atoms. The maximum atomic E-state index is 13.4. The van der Waals surface area contributed by atoms with Gasteiger partial charge in [-0.3, -0.25) is 9.69 Å². The van der Waals surface area contributed by atoms with Gasteiger partial charge in [-0.15, -0.1) is 0 Å². The second-order valence-corrected chi connectivity index (χ2v) is 10.8. The summed E-state index contributed by atoms with van der Waals surface area (Å²) in [6.45, 7) is 5.37. The van der Waals surface area contributed by atoms with Crippen LogP contribution in [0.3, 0.4) is 0 Å². The van der Waals surface area contributed by atoms with Crippen LogP contribution >= 0.6 is 24.0 Å². The molecule has 4 aromatic rings. The average molecular weight is 540 g/mol. The number of amides is 1. The minimum atomic E-state index is -0.0846. The van der Waals surface area contributed by atoms with Crippen LogP contribution in [0.1, 0.15) is 36.5 Å². The van der Waals surface area contributed by atoms with Gasteiger partial charge in [-0.25, -0.2) is 4.68 Å². The number of aryl methyl sites for hydroxylation is 1. The lowest BCUT2D eigenvalue weighted by Gasteiger charge is -2.14. The molecule has 2 heterocycles. The number of nitrogens with zero attached hydrogens (tertiary/aromatic N) is 3.